The summed E-state index contributed by atoms with van der Waals surface area (Å²) < 4.78 is 18.2. The van der Waals surface area contributed by atoms with Gasteiger partial charge in [0.05, 0.1) is 0 Å². The molecule has 0 unspecified atom stereocenters. The molecule has 102 valence electrons. The molecule has 3 aliphatic heterocycles. The highest BCUT2D eigenvalue weighted by Crippen LogP contribution is 2.65. The predicted molar refractivity (Wildman–Crippen MR) is 63.4 cm³/mol. The standard InChI is InChI=1S/C14H22O4/c1-8-4-5-10-13(3,15)17-11-14(10)9(8)6-7-12(2,16-11)18-14/h8-11,15H,4-7H2,1-3H3/t8-,9+,10+,11+,12+,13-,14+/m1/s1. The highest BCUT2D eigenvalue weighted by molar-refractivity contribution is 5.15. The molecule has 4 rings (SSSR count). The Morgan fingerprint density at radius 3 is 2.67 bits per heavy atom. The van der Waals surface area contributed by atoms with E-state index in [9.17, 15) is 5.11 Å². The van der Waals surface area contributed by atoms with Gasteiger partial charge in [0, 0.05) is 12.3 Å². The van der Waals surface area contributed by atoms with Crippen molar-refractivity contribution in [3.8, 4) is 0 Å². The summed E-state index contributed by atoms with van der Waals surface area (Å²) in [6.45, 7) is 6.06. The van der Waals surface area contributed by atoms with Gasteiger partial charge in [0.1, 0.15) is 5.60 Å². The molecule has 0 radical (unpaired) electrons. The summed E-state index contributed by atoms with van der Waals surface area (Å²) in [7, 11) is 0. The summed E-state index contributed by atoms with van der Waals surface area (Å²) in [5, 5.41) is 10.5. The van der Waals surface area contributed by atoms with Crippen molar-refractivity contribution in [1.29, 1.82) is 0 Å². The van der Waals surface area contributed by atoms with Crippen LogP contribution < -0.4 is 0 Å². The molecule has 4 nitrogen and oxygen atoms in total. The van der Waals surface area contributed by atoms with Crippen molar-refractivity contribution in [3.05, 3.63) is 0 Å². The Balaban J connectivity index is 1.84. The van der Waals surface area contributed by atoms with E-state index in [4.69, 9.17) is 14.2 Å². The fraction of sp³-hybridized carbons (Fsp3) is 1.00. The van der Waals surface area contributed by atoms with E-state index in [0.29, 0.717) is 11.8 Å². The van der Waals surface area contributed by atoms with E-state index in [-0.39, 0.29) is 5.92 Å². The SMILES string of the molecule is C[C@@H]1CC[C@@H]2[C@@]34O[C@@](C)(CC[C@@H]13)O[C@H]4O[C@@]2(C)O. The average molecular weight is 254 g/mol. The molecule has 1 saturated carbocycles. The minimum Gasteiger partial charge on any atom is -0.365 e. The van der Waals surface area contributed by atoms with Crippen LogP contribution in [0.4, 0.5) is 0 Å². The van der Waals surface area contributed by atoms with Crippen molar-refractivity contribution < 1.29 is 19.3 Å². The second kappa shape index (κ2) is 3.11. The second-order valence-electron chi connectivity index (χ2n) is 6.96. The van der Waals surface area contributed by atoms with E-state index in [1.807, 2.05) is 6.92 Å². The van der Waals surface area contributed by atoms with Crippen LogP contribution in [0, 0.1) is 17.8 Å². The second-order valence-corrected chi connectivity index (χ2v) is 6.96. The molecule has 0 aromatic rings. The number of aliphatic hydroxyl groups is 1. The topological polar surface area (TPSA) is 47.9 Å². The van der Waals surface area contributed by atoms with Crippen LogP contribution in [-0.2, 0) is 14.2 Å². The van der Waals surface area contributed by atoms with Gasteiger partial charge >= 0.3 is 0 Å². The smallest absolute Gasteiger partial charge is 0.193 e. The van der Waals surface area contributed by atoms with Gasteiger partial charge in [-0.25, -0.2) is 0 Å². The molecule has 4 aliphatic rings. The van der Waals surface area contributed by atoms with E-state index >= 15 is 0 Å². The molecule has 4 heteroatoms. The fourth-order valence-corrected chi connectivity index (χ4v) is 4.95. The minimum absolute atomic E-state index is 0.0401. The van der Waals surface area contributed by atoms with Crippen LogP contribution in [0.3, 0.4) is 0 Å². The number of ether oxygens (including phenoxy) is 3. The van der Waals surface area contributed by atoms with Gasteiger partial charge in [0.25, 0.3) is 0 Å². The number of hydrogen-bond acceptors (Lipinski definition) is 4. The van der Waals surface area contributed by atoms with Gasteiger partial charge in [-0.05, 0) is 44.9 Å². The maximum absolute atomic E-state index is 10.5. The predicted octanol–water partition coefficient (Wildman–Crippen LogP) is 2.01. The molecule has 0 amide bonds. The van der Waals surface area contributed by atoms with Gasteiger partial charge in [-0.1, -0.05) is 6.92 Å². The Kier molecular flexibility index (Phi) is 2.01. The normalized spacial score (nSPS) is 66.0. The quantitative estimate of drug-likeness (QED) is 0.718. The minimum atomic E-state index is -1.11. The molecule has 3 saturated heterocycles. The molecule has 18 heavy (non-hydrogen) atoms. The monoisotopic (exact) mass is 254 g/mol. The molecule has 1 spiro atoms. The molecule has 1 N–H and O–H groups in total. The van der Waals surface area contributed by atoms with Crippen LogP contribution in [0.15, 0.2) is 0 Å². The van der Waals surface area contributed by atoms with Crippen LogP contribution in [-0.4, -0.2) is 28.6 Å². The molecule has 4 fully saturated rings. The van der Waals surface area contributed by atoms with Gasteiger partial charge in [0.15, 0.2) is 17.9 Å². The molecule has 0 aromatic heterocycles. The first-order valence-electron chi connectivity index (χ1n) is 7.16. The third kappa shape index (κ3) is 1.16. The number of fused-ring (bicyclic) bond motifs is 1. The maximum Gasteiger partial charge on any atom is 0.193 e. The molecule has 1 aliphatic carbocycles. The third-order valence-corrected chi connectivity index (χ3v) is 5.74. The summed E-state index contributed by atoms with van der Waals surface area (Å²) in [6.07, 6.45) is 3.75. The maximum atomic E-state index is 10.5. The van der Waals surface area contributed by atoms with Gasteiger partial charge < -0.3 is 19.3 Å². The zero-order valence-corrected chi connectivity index (χ0v) is 11.3. The lowest BCUT2D eigenvalue weighted by molar-refractivity contribution is -0.305. The summed E-state index contributed by atoms with van der Waals surface area (Å²) in [6, 6.07) is 0. The molecular formula is C14H22O4. The van der Waals surface area contributed by atoms with Crippen molar-refractivity contribution in [3.63, 3.8) is 0 Å². The van der Waals surface area contributed by atoms with E-state index in [0.717, 1.165) is 25.7 Å². The fourth-order valence-electron chi connectivity index (χ4n) is 4.95. The first-order valence-corrected chi connectivity index (χ1v) is 7.16. The zero-order valence-electron chi connectivity index (χ0n) is 11.3. The van der Waals surface area contributed by atoms with E-state index in [2.05, 4.69) is 6.92 Å². The van der Waals surface area contributed by atoms with E-state index < -0.39 is 23.5 Å². The van der Waals surface area contributed by atoms with E-state index in [1.165, 1.54) is 0 Å². The lowest BCUT2D eigenvalue weighted by atomic mass is 9.60. The van der Waals surface area contributed by atoms with Crippen molar-refractivity contribution in [2.45, 2.75) is 69.9 Å². The zero-order chi connectivity index (χ0) is 12.8. The van der Waals surface area contributed by atoms with Gasteiger partial charge in [0.2, 0.25) is 0 Å². The summed E-state index contributed by atoms with van der Waals surface area (Å²) in [5.74, 6) is -0.508. The summed E-state index contributed by atoms with van der Waals surface area (Å²) >= 11 is 0. The van der Waals surface area contributed by atoms with Gasteiger partial charge in [-0.15, -0.1) is 0 Å². The van der Waals surface area contributed by atoms with Crippen LogP contribution in [0.5, 0.6) is 0 Å². The Morgan fingerprint density at radius 1 is 1.11 bits per heavy atom. The highest BCUT2D eigenvalue weighted by atomic mass is 16.9. The number of hydrogen-bond donors (Lipinski definition) is 1. The van der Waals surface area contributed by atoms with Crippen LogP contribution in [0.25, 0.3) is 0 Å². The number of rotatable bonds is 0. The van der Waals surface area contributed by atoms with E-state index in [1.54, 1.807) is 6.92 Å². The van der Waals surface area contributed by atoms with Gasteiger partial charge in [-0.3, -0.25) is 0 Å². The Hall–Kier alpha value is -0.160. The van der Waals surface area contributed by atoms with Crippen molar-refractivity contribution in [1.82, 2.24) is 0 Å². The molecular weight excluding hydrogens is 232 g/mol. The lowest BCUT2D eigenvalue weighted by Gasteiger charge is -2.51. The third-order valence-electron chi connectivity index (χ3n) is 5.74. The molecule has 0 aromatic carbocycles. The van der Waals surface area contributed by atoms with Crippen molar-refractivity contribution in [2.24, 2.45) is 17.8 Å². The Bertz CT molecular complexity index is 395. The first-order chi connectivity index (χ1) is 8.37. The first kappa shape index (κ1) is 11.6. The molecule has 7 atom stereocenters. The summed E-state index contributed by atoms with van der Waals surface area (Å²) in [4.78, 5) is 0. The Morgan fingerprint density at radius 2 is 1.89 bits per heavy atom. The van der Waals surface area contributed by atoms with Crippen molar-refractivity contribution >= 4 is 0 Å². The van der Waals surface area contributed by atoms with Crippen LogP contribution >= 0.6 is 0 Å². The lowest BCUT2D eigenvalue weighted by Crippen LogP contribution is -2.59. The van der Waals surface area contributed by atoms with Crippen LogP contribution in [0.2, 0.25) is 0 Å². The highest BCUT2D eigenvalue weighted by Gasteiger charge is 2.75. The molecule has 2 bridgehead atoms. The average Bonchev–Trinajstić information content (AvgIpc) is 2.56. The van der Waals surface area contributed by atoms with Gasteiger partial charge in [-0.2, -0.15) is 0 Å². The largest absolute Gasteiger partial charge is 0.365 e. The summed E-state index contributed by atoms with van der Waals surface area (Å²) in [5.41, 5.74) is -0.409. The van der Waals surface area contributed by atoms with Crippen LogP contribution in [0.1, 0.15) is 46.5 Å². The molecule has 3 heterocycles. The van der Waals surface area contributed by atoms with Crippen molar-refractivity contribution in [2.75, 3.05) is 0 Å². The Labute approximate surface area is 108 Å².